The van der Waals surface area contributed by atoms with Crippen LogP contribution in [0.2, 0.25) is 0 Å². The van der Waals surface area contributed by atoms with Crippen LogP contribution in [-0.4, -0.2) is 16.1 Å². The van der Waals surface area contributed by atoms with E-state index >= 15 is 0 Å². The van der Waals surface area contributed by atoms with Crippen LogP contribution >= 0.6 is 0 Å². The molecule has 0 atom stereocenters. The molecule has 0 saturated carbocycles. The molecule has 18 heavy (non-hydrogen) atoms. The van der Waals surface area contributed by atoms with E-state index in [1.54, 1.807) is 12.4 Å². The maximum Gasteiger partial charge on any atom is 0.339 e. The summed E-state index contributed by atoms with van der Waals surface area (Å²) in [6.45, 7) is 3.02. The van der Waals surface area contributed by atoms with Gasteiger partial charge < -0.3 is 14.8 Å². The van der Waals surface area contributed by atoms with E-state index in [2.05, 4.69) is 10.3 Å². The minimum Gasteiger partial charge on any atom is -0.478 e. The fourth-order valence-electron chi connectivity index (χ4n) is 1.68. The summed E-state index contributed by atoms with van der Waals surface area (Å²) in [5.74, 6) is -0.533. The highest BCUT2D eigenvalue weighted by atomic mass is 16.4. The van der Waals surface area contributed by atoms with Crippen molar-refractivity contribution < 1.29 is 14.3 Å². The molecular formula is C13H14N2O3. The lowest BCUT2D eigenvalue weighted by molar-refractivity contribution is 0.0694. The van der Waals surface area contributed by atoms with Gasteiger partial charge in [0.25, 0.3) is 0 Å². The minimum absolute atomic E-state index is 0.203. The third-order valence-corrected chi connectivity index (χ3v) is 2.71. The van der Waals surface area contributed by atoms with Crippen molar-refractivity contribution in [2.75, 3.05) is 0 Å². The first-order valence-corrected chi connectivity index (χ1v) is 5.58. The highest BCUT2D eigenvalue weighted by Gasteiger charge is 2.12. The lowest BCUT2D eigenvalue weighted by Gasteiger charge is -2.06. The van der Waals surface area contributed by atoms with Crippen molar-refractivity contribution >= 4 is 5.97 Å². The molecule has 2 aromatic heterocycles. The van der Waals surface area contributed by atoms with Crippen LogP contribution in [0.4, 0.5) is 0 Å². The quantitative estimate of drug-likeness (QED) is 0.843. The fraction of sp³-hybridized carbons (Fsp3) is 0.231. The molecule has 0 aliphatic carbocycles. The standard InChI is InChI=1S/C13H14N2O3/c1-9-6-14-4-2-10(9)7-15-8-12-11(13(16)17)3-5-18-12/h2-6,15H,7-8H2,1H3,(H,16,17). The summed E-state index contributed by atoms with van der Waals surface area (Å²) < 4.78 is 5.14. The molecule has 0 bridgehead atoms. The molecule has 0 spiro atoms. The first kappa shape index (κ1) is 12.3. The van der Waals surface area contributed by atoms with Crippen molar-refractivity contribution in [2.24, 2.45) is 0 Å². The van der Waals surface area contributed by atoms with Gasteiger partial charge in [-0.25, -0.2) is 4.79 Å². The van der Waals surface area contributed by atoms with Crippen LogP contribution in [0, 0.1) is 6.92 Å². The molecule has 94 valence electrons. The number of hydrogen-bond acceptors (Lipinski definition) is 4. The lowest BCUT2D eigenvalue weighted by atomic mass is 10.1. The van der Waals surface area contributed by atoms with Crippen LogP contribution in [-0.2, 0) is 13.1 Å². The molecule has 5 nitrogen and oxygen atoms in total. The van der Waals surface area contributed by atoms with Crippen molar-refractivity contribution in [1.29, 1.82) is 0 Å². The average Bonchev–Trinajstić information content (AvgIpc) is 2.80. The van der Waals surface area contributed by atoms with E-state index in [1.807, 2.05) is 13.0 Å². The van der Waals surface area contributed by atoms with Gasteiger partial charge >= 0.3 is 5.97 Å². The zero-order chi connectivity index (χ0) is 13.0. The maximum absolute atomic E-state index is 10.9. The van der Waals surface area contributed by atoms with Gasteiger partial charge in [0.05, 0.1) is 12.8 Å². The summed E-state index contributed by atoms with van der Waals surface area (Å²) in [5.41, 5.74) is 2.44. The molecule has 0 radical (unpaired) electrons. The van der Waals surface area contributed by atoms with Gasteiger partial charge in [0.1, 0.15) is 11.3 Å². The zero-order valence-corrected chi connectivity index (χ0v) is 10.0. The Morgan fingerprint density at radius 2 is 2.28 bits per heavy atom. The van der Waals surface area contributed by atoms with Gasteiger partial charge in [-0.3, -0.25) is 4.98 Å². The van der Waals surface area contributed by atoms with E-state index in [-0.39, 0.29) is 5.56 Å². The number of aromatic nitrogens is 1. The molecule has 5 heteroatoms. The van der Waals surface area contributed by atoms with Crippen LogP contribution in [0.25, 0.3) is 0 Å². The second-order valence-electron chi connectivity index (χ2n) is 3.97. The monoisotopic (exact) mass is 246 g/mol. The predicted molar refractivity (Wildman–Crippen MR) is 65.2 cm³/mol. The number of pyridine rings is 1. The number of aromatic carboxylic acids is 1. The third-order valence-electron chi connectivity index (χ3n) is 2.71. The van der Waals surface area contributed by atoms with Crippen molar-refractivity contribution in [3.8, 4) is 0 Å². The van der Waals surface area contributed by atoms with Crippen LogP contribution in [0.5, 0.6) is 0 Å². The van der Waals surface area contributed by atoms with E-state index in [1.165, 1.54) is 12.3 Å². The van der Waals surface area contributed by atoms with Crippen molar-refractivity contribution in [2.45, 2.75) is 20.0 Å². The summed E-state index contributed by atoms with van der Waals surface area (Å²) >= 11 is 0. The molecule has 2 N–H and O–H groups in total. The molecule has 0 aromatic carbocycles. The molecule has 0 aliphatic heterocycles. The number of aryl methyl sites for hydroxylation is 1. The Morgan fingerprint density at radius 3 is 3.00 bits per heavy atom. The second-order valence-corrected chi connectivity index (χ2v) is 3.97. The summed E-state index contributed by atoms with van der Waals surface area (Å²) in [7, 11) is 0. The number of rotatable bonds is 5. The number of hydrogen-bond donors (Lipinski definition) is 2. The van der Waals surface area contributed by atoms with Crippen molar-refractivity contribution in [3.63, 3.8) is 0 Å². The van der Waals surface area contributed by atoms with Crippen molar-refractivity contribution in [3.05, 3.63) is 53.2 Å². The van der Waals surface area contributed by atoms with Gasteiger partial charge in [-0.2, -0.15) is 0 Å². The van der Waals surface area contributed by atoms with E-state index < -0.39 is 5.97 Å². The Hall–Kier alpha value is -2.14. The summed E-state index contributed by atoms with van der Waals surface area (Å²) in [4.78, 5) is 14.9. The lowest BCUT2D eigenvalue weighted by Crippen LogP contribution is -2.15. The molecule has 0 unspecified atom stereocenters. The third kappa shape index (κ3) is 2.75. The SMILES string of the molecule is Cc1cnccc1CNCc1occc1C(=O)O. The van der Waals surface area contributed by atoms with E-state index in [0.29, 0.717) is 18.8 Å². The number of carboxylic acid groups (broad SMARTS) is 1. The number of nitrogens with zero attached hydrogens (tertiary/aromatic N) is 1. The smallest absolute Gasteiger partial charge is 0.339 e. The largest absolute Gasteiger partial charge is 0.478 e. The van der Waals surface area contributed by atoms with Gasteiger partial charge in [0, 0.05) is 18.9 Å². The van der Waals surface area contributed by atoms with Gasteiger partial charge in [-0.1, -0.05) is 0 Å². The maximum atomic E-state index is 10.9. The van der Waals surface area contributed by atoms with E-state index in [0.717, 1.165) is 11.1 Å². The van der Waals surface area contributed by atoms with Crippen LogP contribution < -0.4 is 5.32 Å². The number of furan rings is 1. The Balaban J connectivity index is 1.95. The molecule has 0 fully saturated rings. The van der Waals surface area contributed by atoms with Gasteiger partial charge in [0.15, 0.2) is 0 Å². The zero-order valence-electron chi connectivity index (χ0n) is 10.0. The second kappa shape index (κ2) is 5.46. The highest BCUT2D eigenvalue weighted by Crippen LogP contribution is 2.11. The molecule has 2 aromatic rings. The normalized spacial score (nSPS) is 10.5. The van der Waals surface area contributed by atoms with Crippen molar-refractivity contribution in [1.82, 2.24) is 10.3 Å². The van der Waals surface area contributed by atoms with Crippen LogP contribution in [0.1, 0.15) is 27.2 Å². The topological polar surface area (TPSA) is 75.4 Å². The van der Waals surface area contributed by atoms with E-state index in [4.69, 9.17) is 9.52 Å². The van der Waals surface area contributed by atoms with Gasteiger partial charge in [-0.15, -0.1) is 0 Å². The average molecular weight is 246 g/mol. The van der Waals surface area contributed by atoms with Crippen LogP contribution in [0.15, 0.2) is 35.2 Å². The predicted octanol–water partition coefficient (Wildman–Crippen LogP) is 1.97. The van der Waals surface area contributed by atoms with E-state index in [9.17, 15) is 4.79 Å². The Labute approximate surface area is 104 Å². The number of nitrogens with one attached hydrogen (secondary N) is 1. The number of carbonyl (C=O) groups is 1. The Kier molecular flexibility index (Phi) is 3.74. The van der Waals surface area contributed by atoms with Crippen LogP contribution in [0.3, 0.4) is 0 Å². The first-order valence-electron chi connectivity index (χ1n) is 5.58. The molecule has 0 saturated heterocycles. The van der Waals surface area contributed by atoms with Gasteiger partial charge in [-0.05, 0) is 30.2 Å². The first-order chi connectivity index (χ1) is 8.68. The molecule has 2 rings (SSSR count). The fourth-order valence-corrected chi connectivity index (χ4v) is 1.68. The van der Waals surface area contributed by atoms with Gasteiger partial charge in [0.2, 0.25) is 0 Å². The molecular weight excluding hydrogens is 232 g/mol. The summed E-state index contributed by atoms with van der Waals surface area (Å²) in [5, 5.41) is 12.1. The molecule has 0 amide bonds. The summed E-state index contributed by atoms with van der Waals surface area (Å²) in [6, 6.07) is 3.39. The summed E-state index contributed by atoms with van der Waals surface area (Å²) in [6.07, 6.45) is 4.92. The minimum atomic E-state index is -0.972. The number of carboxylic acids is 1. The Morgan fingerprint density at radius 1 is 1.44 bits per heavy atom. The molecule has 0 aliphatic rings. The molecule has 2 heterocycles. The highest BCUT2D eigenvalue weighted by molar-refractivity contribution is 5.88. The Bertz CT molecular complexity index is 549.